The SMILES string of the molecule is OC1(c2cc3c(cn2)OCC3)CC1. The van der Waals surface area contributed by atoms with Gasteiger partial charge in [-0.25, -0.2) is 0 Å². The third kappa shape index (κ3) is 1.04. The zero-order chi connectivity index (χ0) is 8.89. The minimum absolute atomic E-state index is 0.613. The summed E-state index contributed by atoms with van der Waals surface area (Å²) in [6.07, 6.45) is 4.37. The molecule has 0 bridgehead atoms. The van der Waals surface area contributed by atoms with E-state index >= 15 is 0 Å². The number of aliphatic hydroxyl groups is 1. The maximum Gasteiger partial charge on any atom is 0.140 e. The third-order valence-electron chi connectivity index (χ3n) is 2.78. The van der Waals surface area contributed by atoms with Crippen LogP contribution in [-0.4, -0.2) is 16.7 Å². The predicted molar refractivity (Wildman–Crippen MR) is 46.6 cm³/mol. The molecule has 0 unspecified atom stereocenters. The molecule has 0 saturated heterocycles. The number of aromatic nitrogens is 1. The zero-order valence-electron chi connectivity index (χ0n) is 7.29. The highest BCUT2D eigenvalue weighted by Gasteiger charge is 2.43. The first kappa shape index (κ1) is 7.33. The Balaban J connectivity index is 2.05. The quantitative estimate of drug-likeness (QED) is 0.695. The smallest absolute Gasteiger partial charge is 0.140 e. The van der Waals surface area contributed by atoms with Crippen molar-refractivity contribution >= 4 is 0 Å². The first-order valence-electron chi connectivity index (χ1n) is 4.62. The van der Waals surface area contributed by atoms with Gasteiger partial charge in [-0.2, -0.15) is 0 Å². The van der Waals surface area contributed by atoms with E-state index in [4.69, 9.17) is 4.74 Å². The van der Waals surface area contributed by atoms with Crippen molar-refractivity contribution in [3.63, 3.8) is 0 Å². The lowest BCUT2D eigenvalue weighted by Gasteiger charge is -2.07. The number of fused-ring (bicyclic) bond motifs is 1. The molecule has 1 saturated carbocycles. The molecule has 1 aliphatic heterocycles. The van der Waals surface area contributed by atoms with Crippen molar-refractivity contribution in [1.82, 2.24) is 4.98 Å². The molecule has 1 aromatic heterocycles. The minimum atomic E-state index is -0.613. The molecule has 0 spiro atoms. The molecule has 3 heteroatoms. The minimum Gasteiger partial charge on any atom is -0.491 e. The van der Waals surface area contributed by atoms with E-state index < -0.39 is 5.60 Å². The van der Waals surface area contributed by atoms with Crippen LogP contribution in [0.3, 0.4) is 0 Å². The molecular weight excluding hydrogens is 166 g/mol. The summed E-state index contributed by atoms with van der Waals surface area (Å²) in [5, 5.41) is 9.83. The highest BCUT2D eigenvalue weighted by atomic mass is 16.5. The van der Waals surface area contributed by atoms with E-state index in [-0.39, 0.29) is 0 Å². The molecule has 1 aliphatic carbocycles. The summed E-state index contributed by atoms with van der Waals surface area (Å²) in [7, 11) is 0. The molecular formula is C10H11NO2. The van der Waals surface area contributed by atoms with Gasteiger partial charge in [0.2, 0.25) is 0 Å². The van der Waals surface area contributed by atoms with Crippen molar-refractivity contribution in [2.45, 2.75) is 24.9 Å². The van der Waals surface area contributed by atoms with Gasteiger partial charge in [0.1, 0.15) is 11.4 Å². The van der Waals surface area contributed by atoms with Crippen molar-refractivity contribution in [3.05, 3.63) is 23.5 Å². The van der Waals surface area contributed by atoms with Gasteiger partial charge < -0.3 is 9.84 Å². The van der Waals surface area contributed by atoms with E-state index in [1.54, 1.807) is 6.20 Å². The average molecular weight is 177 g/mol. The molecule has 1 N–H and O–H groups in total. The molecule has 0 amide bonds. The largest absolute Gasteiger partial charge is 0.491 e. The van der Waals surface area contributed by atoms with Crippen LogP contribution in [0.4, 0.5) is 0 Å². The second kappa shape index (κ2) is 2.23. The Hall–Kier alpha value is -1.09. The number of hydrogen-bond acceptors (Lipinski definition) is 3. The maximum atomic E-state index is 9.83. The van der Waals surface area contributed by atoms with Crippen molar-refractivity contribution in [3.8, 4) is 5.75 Å². The summed E-state index contributed by atoms with van der Waals surface area (Å²) in [6.45, 7) is 0.749. The molecule has 13 heavy (non-hydrogen) atoms. The van der Waals surface area contributed by atoms with Crippen molar-refractivity contribution in [2.75, 3.05) is 6.61 Å². The fraction of sp³-hybridized carbons (Fsp3) is 0.500. The van der Waals surface area contributed by atoms with Gasteiger partial charge in [0.25, 0.3) is 0 Å². The van der Waals surface area contributed by atoms with Gasteiger partial charge in [0, 0.05) is 12.0 Å². The summed E-state index contributed by atoms with van der Waals surface area (Å²) in [5.74, 6) is 0.882. The summed E-state index contributed by atoms with van der Waals surface area (Å²) < 4.78 is 5.34. The monoisotopic (exact) mass is 177 g/mol. The van der Waals surface area contributed by atoms with Crippen LogP contribution in [0.25, 0.3) is 0 Å². The highest BCUT2D eigenvalue weighted by Crippen LogP contribution is 2.45. The number of pyridine rings is 1. The van der Waals surface area contributed by atoms with E-state index in [1.807, 2.05) is 6.07 Å². The highest BCUT2D eigenvalue weighted by molar-refractivity contribution is 5.38. The molecule has 3 nitrogen and oxygen atoms in total. The number of ether oxygens (including phenoxy) is 1. The Morgan fingerprint density at radius 2 is 2.31 bits per heavy atom. The molecule has 68 valence electrons. The second-order valence-electron chi connectivity index (χ2n) is 3.81. The van der Waals surface area contributed by atoms with E-state index in [0.29, 0.717) is 0 Å². The van der Waals surface area contributed by atoms with Crippen LogP contribution >= 0.6 is 0 Å². The Kier molecular flexibility index (Phi) is 1.26. The van der Waals surface area contributed by atoms with E-state index in [9.17, 15) is 5.11 Å². The number of rotatable bonds is 1. The third-order valence-corrected chi connectivity index (χ3v) is 2.78. The van der Waals surface area contributed by atoms with Gasteiger partial charge in [-0.1, -0.05) is 0 Å². The first-order chi connectivity index (χ1) is 6.28. The Morgan fingerprint density at radius 3 is 3.08 bits per heavy atom. The summed E-state index contributed by atoms with van der Waals surface area (Å²) in [4.78, 5) is 4.21. The second-order valence-corrected chi connectivity index (χ2v) is 3.81. The Labute approximate surface area is 76.4 Å². The van der Waals surface area contributed by atoms with E-state index in [2.05, 4.69) is 4.98 Å². The molecule has 1 aromatic rings. The summed E-state index contributed by atoms with van der Waals surface area (Å²) >= 11 is 0. The van der Waals surface area contributed by atoms with Crippen LogP contribution < -0.4 is 4.74 Å². The zero-order valence-corrected chi connectivity index (χ0v) is 7.29. The van der Waals surface area contributed by atoms with Crippen LogP contribution in [0.1, 0.15) is 24.1 Å². The molecule has 0 radical (unpaired) electrons. The van der Waals surface area contributed by atoms with Crippen LogP contribution in [0, 0.1) is 0 Å². The number of hydrogen-bond donors (Lipinski definition) is 1. The Morgan fingerprint density at radius 1 is 1.46 bits per heavy atom. The lowest BCUT2D eigenvalue weighted by molar-refractivity contribution is 0.146. The van der Waals surface area contributed by atoms with Crippen LogP contribution in [0.2, 0.25) is 0 Å². The first-order valence-corrected chi connectivity index (χ1v) is 4.62. The molecule has 3 rings (SSSR count). The Bertz CT molecular complexity index is 358. The molecule has 1 fully saturated rings. The van der Waals surface area contributed by atoms with Gasteiger partial charge in [0.15, 0.2) is 0 Å². The average Bonchev–Trinajstić information content (AvgIpc) is 2.74. The van der Waals surface area contributed by atoms with Gasteiger partial charge >= 0.3 is 0 Å². The fourth-order valence-corrected chi connectivity index (χ4v) is 1.71. The van der Waals surface area contributed by atoms with Crippen molar-refractivity contribution in [2.24, 2.45) is 0 Å². The molecule has 0 aromatic carbocycles. The maximum absolute atomic E-state index is 9.83. The normalized spacial score (nSPS) is 22.2. The fourth-order valence-electron chi connectivity index (χ4n) is 1.71. The summed E-state index contributed by atoms with van der Waals surface area (Å²) in [6, 6.07) is 1.98. The lowest BCUT2D eigenvalue weighted by atomic mass is 10.1. The molecule has 2 heterocycles. The standard InChI is InChI=1S/C10H11NO2/c12-10(2-3-10)9-5-7-1-4-13-8(7)6-11-9/h5-6,12H,1-4H2. The summed E-state index contributed by atoms with van der Waals surface area (Å²) in [5.41, 5.74) is 1.39. The van der Waals surface area contributed by atoms with Gasteiger partial charge in [-0.05, 0) is 18.9 Å². The molecule has 0 atom stereocenters. The van der Waals surface area contributed by atoms with Gasteiger partial charge in [-0.15, -0.1) is 0 Å². The van der Waals surface area contributed by atoms with E-state index in [1.165, 1.54) is 5.56 Å². The van der Waals surface area contributed by atoms with Gasteiger partial charge in [-0.3, -0.25) is 4.98 Å². The van der Waals surface area contributed by atoms with Crippen LogP contribution in [-0.2, 0) is 12.0 Å². The van der Waals surface area contributed by atoms with Crippen molar-refractivity contribution < 1.29 is 9.84 Å². The topological polar surface area (TPSA) is 42.4 Å². The lowest BCUT2D eigenvalue weighted by Crippen LogP contribution is -2.07. The van der Waals surface area contributed by atoms with Crippen LogP contribution in [0.5, 0.6) is 5.75 Å². The van der Waals surface area contributed by atoms with Crippen molar-refractivity contribution in [1.29, 1.82) is 0 Å². The predicted octanol–water partition coefficient (Wildman–Crippen LogP) is 0.998. The van der Waals surface area contributed by atoms with E-state index in [0.717, 1.165) is 37.3 Å². The molecule has 2 aliphatic rings. The van der Waals surface area contributed by atoms with Crippen LogP contribution in [0.15, 0.2) is 12.3 Å². The van der Waals surface area contributed by atoms with Gasteiger partial charge in [0.05, 0.1) is 18.5 Å². The number of nitrogens with zero attached hydrogens (tertiary/aromatic N) is 1.